The van der Waals surface area contributed by atoms with Gasteiger partial charge < -0.3 is 28.8 Å². The molecule has 4 rings (SSSR count). The Labute approximate surface area is 251 Å². The molecular weight excluding hydrogens is 578 g/mol. The van der Waals surface area contributed by atoms with Crippen LogP contribution in [0.1, 0.15) is 15.9 Å². The fourth-order valence-electron chi connectivity index (χ4n) is 4.23. The van der Waals surface area contributed by atoms with E-state index in [2.05, 4.69) is 20.7 Å². The van der Waals surface area contributed by atoms with Gasteiger partial charge in [-0.25, -0.2) is 10.2 Å². The number of carboxylic acids is 1. The number of aromatic nitrogens is 3. The highest BCUT2D eigenvalue weighted by Crippen LogP contribution is 2.40. The van der Waals surface area contributed by atoms with Crippen molar-refractivity contribution in [3.8, 4) is 45.8 Å². The Morgan fingerprint density at radius 2 is 1.58 bits per heavy atom. The molecule has 0 radical (unpaired) electrons. The number of benzene rings is 3. The first-order valence-electron chi connectivity index (χ1n) is 12.7. The number of H-pyrrole nitrogens is 1. The van der Waals surface area contributed by atoms with Crippen LogP contribution in [0.2, 0.25) is 0 Å². The number of ether oxygens (including phenoxy) is 5. The van der Waals surface area contributed by atoms with Crippen LogP contribution in [0.5, 0.6) is 28.7 Å². The van der Waals surface area contributed by atoms with Gasteiger partial charge in [-0.1, -0.05) is 18.2 Å². The first-order chi connectivity index (χ1) is 20.9. The molecule has 0 aliphatic rings. The highest BCUT2D eigenvalue weighted by atomic mass is 32.2. The molecule has 4 aromatic rings. The Morgan fingerprint density at radius 1 is 0.930 bits per heavy atom. The molecule has 3 aromatic carbocycles. The van der Waals surface area contributed by atoms with E-state index in [0.717, 1.165) is 5.69 Å². The summed E-state index contributed by atoms with van der Waals surface area (Å²) in [4.78, 5) is 24.6. The highest BCUT2D eigenvalue weighted by molar-refractivity contribution is 7.99. The van der Waals surface area contributed by atoms with Crippen molar-refractivity contribution in [3.05, 3.63) is 65.7 Å². The molecule has 14 heteroatoms. The number of nitrogens with zero attached hydrogens (tertiary/aromatic N) is 3. The third kappa shape index (κ3) is 6.64. The van der Waals surface area contributed by atoms with Crippen LogP contribution in [-0.4, -0.2) is 74.7 Å². The quantitative estimate of drug-likeness (QED) is 0.0890. The number of hydrogen-bond donors (Lipinski definition) is 3. The molecule has 0 fully saturated rings. The average Bonchev–Trinajstić information content (AvgIpc) is 3.46. The molecular formula is C29H30N5O8S+. The maximum Gasteiger partial charge on any atom is 0.342 e. The van der Waals surface area contributed by atoms with Crippen molar-refractivity contribution in [2.75, 3.05) is 41.3 Å². The minimum Gasteiger partial charge on any atom is -0.493 e. The summed E-state index contributed by atoms with van der Waals surface area (Å²) in [6.07, 6.45) is 1.23. The summed E-state index contributed by atoms with van der Waals surface area (Å²) in [6, 6.07) is 16.2. The average molecular weight is 609 g/mol. The lowest BCUT2D eigenvalue weighted by Gasteiger charge is -2.13. The summed E-state index contributed by atoms with van der Waals surface area (Å²) in [7, 11) is 7.35. The van der Waals surface area contributed by atoms with Crippen LogP contribution < -0.4 is 33.7 Å². The van der Waals surface area contributed by atoms with E-state index in [9.17, 15) is 14.7 Å². The third-order valence-electron chi connectivity index (χ3n) is 6.14. The lowest BCUT2D eigenvalue weighted by Crippen LogP contribution is -2.34. The van der Waals surface area contributed by atoms with Crippen molar-refractivity contribution in [1.29, 1.82) is 0 Å². The van der Waals surface area contributed by atoms with Crippen molar-refractivity contribution in [3.63, 3.8) is 0 Å². The van der Waals surface area contributed by atoms with Gasteiger partial charge in [-0.3, -0.25) is 4.79 Å². The smallest absolute Gasteiger partial charge is 0.342 e. The monoisotopic (exact) mass is 608 g/mol. The zero-order valence-corrected chi connectivity index (χ0v) is 24.9. The summed E-state index contributed by atoms with van der Waals surface area (Å²) in [5.74, 6) is 0.608. The second-order valence-electron chi connectivity index (χ2n) is 8.59. The van der Waals surface area contributed by atoms with Gasteiger partial charge in [-0.2, -0.15) is 9.67 Å². The lowest BCUT2D eigenvalue weighted by molar-refractivity contribution is -0.625. The second kappa shape index (κ2) is 14.1. The lowest BCUT2D eigenvalue weighted by atomic mass is 10.1. The van der Waals surface area contributed by atoms with Gasteiger partial charge in [0, 0.05) is 5.56 Å². The van der Waals surface area contributed by atoms with E-state index >= 15 is 0 Å². The molecule has 43 heavy (non-hydrogen) atoms. The van der Waals surface area contributed by atoms with Crippen molar-refractivity contribution < 1.29 is 42.9 Å². The second-order valence-corrected chi connectivity index (χ2v) is 9.53. The Kier molecular flexibility index (Phi) is 10.1. The minimum absolute atomic E-state index is 0.0402. The van der Waals surface area contributed by atoms with E-state index < -0.39 is 11.9 Å². The maximum absolute atomic E-state index is 12.7. The Bertz CT molecular complexity index is 1620. The molecule has 0 unspecified atom stereocenters. The van der Waals surface area contributed by atoms with Crippen LogP contribution in [0.4, 0.5) is 0 Å². The third-order valence-corrected chi connectivity index (χ3v) is 7.08. The summed E-state index contributed by atoms with van der Waals surface area (Å²) >= 11 is 1.18. The molecule has 0 saturated heterocycles. The van der Waals surface area contributed by atoms with Gasteiger partial charge in [0.1, 0.15) is 11.3 Å². The van der Waals surface area contributed by atoms with E-state index in [1.807, 2.05) is 34.9 Å². The first-order valence-corrected chi connectivity index (χ1v) is 13.6. The number of rotatable bonds is 13. The van der Waals surface area contributed by atoms with Crippen LogP contribution in [0.15, 0.2) is 64.9 Å². The number of carbonyl (C=O) groups excluding carboxylic acids is 1. The fraction of sp³-hybridized carbons (Fsp3) is 0.207. The molecule has 1 aromatic heterocycles. The predicted octanol–water partition coefficient (Wildman–Crippen LogP) is 3.34. The molecule has 3 N–H and O–H groups in total. The molecule has 0 aliphatic carbocycles. The number of para-hydroxylation sites is 1. The fourth-order valence-corrected chi connectivity index (χ4v) is 4.99. The van der Waals surface area contributed by atoms with Crippen LogP contribution in [0.3, 0.4) is 0 Å². The number of carbonyl (C=O) groups is 2. The van der Waals surface area contributed by atoms with E-state index in [1.165, 1.54) is 59.6 Å². The van der Waals surface area contributed by atoms with E-state index in [-0.39, 0.29) is 28.4 Å². The normalized spacial score (nSPS) is 10.8. The zero-order valence-electron chi connectivity index (χ0n) is 24.0. The molecule has 1 heterocycles. The number of hydrogen-bond acceptors (Lipinski definition) is 10. The molecule has 0 bridgehead atoms. The number of aromatic carboxylic acids is 1. The number of hydrazone groups is 1. The number of thioether (sulfide) groups is 1. The summed E-state index contributed by atoms with van der Waals surface area (Å²) in [6.45, 7) is 0. The van der Waals surface area contributed by atoms with Crippen molar-refractivity contribution in [2.45, 2.75) is 5.16 Å². The Morgan fingerprint density at radius 3 is 2.16 bits per heavy atom. The molecule has 224 valence electrons. The van der Waals surface area contributed by atoms with Gasteiger partial charge in [-0.15, -0.1) is 5.10 Å². The number of methoxy groups -OCH3 is 5. The molecule has 0 spiro atoms. The first kappa shape index (κ1) is 30.7. The minimum atomic E-state index is -1.23. The van der Waals surface area contributed by atoms with Gasteiger partial charge in [-0.05, 0) is 48.2 Å². The van der Waals surface area contributed by atoms with E-state index in [1.54, 1.807) is 18.2 Å². The van der Waals surface area contributed by atoms with Gasteiger partial charge in [0.05, 0.1) is 58.2 Å². The number of carboxylic acid groups (broad SMARTS) is 1. The van der Waals surface area contributed by atoms with Crippen molar-refractivity contribution >= 4 is 29.9 Å². The topological polar surface area (TPSA) is 157 Å². The van der Waals surface area contributed by atoms with Crippen LogP contribution in [0, 0.1) is 0 Å². The SMILES string of the molecule is COc1cc(-c2[nH]nc(SCC(=O)N/N=C/c3ccc(OC)c(OC)c3C(=O)O)[n+]2-c2ccccc2)cc(OC)c1OC. The molecule has 1 amide bonds. The van der Waals surface area contributed by atoms with Gasteiger partial charge in [0.15, 0.2) is 23.0 Å². The molecule has 0 aliphatic heterocycles. The van der Waals surface area contributed by atoms with Gasteiger partial charge in [0.25, 0.3) is 11.7 Å². The van der Waals surface area contributed by atoms with Gasteiger partial charge >= 0.3 is 11.1 Å². The standard InChI is InChI=1S/C29H29N5O8S/c1-38-20-12-11-17(24(28(36)37)26(20)42-5)15-30-31-23(35)16-43-29-33-32-27(34(29)19-9-7-6-8-10-19)18-13-21(39-2)25(41-4)22(14-18)40-3/h6-15H,16H2,1-5H3,(H2,31,35,36,37)/p+1/b30-15+. The van der Waals surface area contributed by atoms with Crippen LogP contribution in [-0.2, 0) is 4.79 Å². The largest absolute Gasteiger partial charge is 0.493 e. The maximum atomic E-state index is 12.7. The van der Waals surface area contributed by atoms with Crippen molar-refractivity contribution in [1.82, 2.24) is 15.6 Å². The van der Waals surface area contributed by atoms with Gasteiger partial charge in [0.2, 0.25) is 5.75 Å². The molecule has 0 saturated carbocycles. The van der Waals surface area contributed by atoms with E-state index in [0.29, 0.717) is 33.8 Å². The predicted molar refractivity (Wildman–Crippen MR) is 158 cm³/mol. The van der Waals surface area contributed by atoms with Crippen molar-refractivity contribution in [2.24, 2.45) is 5.10 Å². The highest BCUT2D eigenvalue weighted by Gasteiger charge is 2.27. The van der Waals surface area contributed by atoms with Crippen LogP contribution in [0.25, 0.3) is 17.1 Å². The number of amides is 1. The summed E-state index contributed by atoms with van der Waals surface area (Å²) in [5, 5.41) is 21.7. The summed E-state index contributed by atoms with van der Waals surface area (Å²) < 4.78 is 28.7. The Hall–Kier alpha value is -5.24. The molecule has 0 atom stereocenters. The molecule has 13 nitrogen and oxygen atoms in total. The summed E-state index contributed by atoms with van der Waals surface area (Å²) in [5.41, 5.74) is 4.01. The number of aromatic amines is 1. The van der Waals surface area contributed by atoms with E-state index in [4.69, 9.17) is 23.7 Å². The Balaban J connectivity index is 1.58. The zero-order chi connectivity index (χ0) is 30.9. The number of nitrogens with one attached hydrogen (secondary N) is 2. The van der Waals surface area contributed by atoms with Crippen LogP contribution >= 0.6 is 11.8 Å².